The molecule has 0 spiro atoms. The van der Waals surface area contributed by atoms with Crippen molar-refractivity contribution in [3.8, 4) is 0 Å². The molecular formula is C8H10N4OS. The zero-order valence-electron chi connectivity index (χ0n) is 7.55. The molecule has 0 saturated heterocycles. The third-order valence-corrected chi connectivity index (χ3v) is 3.55. The van der Waals surface area contributed by atoms with Crippen LogP contribution < -0.4 is 0 Å². The molecule has 2 aromatic heterocycles. The van der Waals surface area contributed by atoms with Crippen LogP contribution in [0.5, 0.6) is 0 Å². The first-order valence-electron chi connectivity index (χ1n) is 4.70. The highest BCUT2D eigenvalue weighted by molar-refractivity contribution is 7.16. The molecule has 74 valence electrons. The summed E-state index contributed by atoms with van der Waals surface area (Å²) in [5, 5.41) is 22.1. The van der Waals surface area contributed by atoms with Gasteiger partial charge in [-0.2, -0.15) is 9.61 Å². The van der Waals surface area contributed by atoms with Crippen LogP contribution in [0.25, 0.3) is 4.96 Å². The molecule has 2 heterocycles. The number of aliphatic hydroxyl groups is 1. The molecule has 1 aliphatic carbocycles. The normalized spacial score (nSPS) is 17.5. The first kappa shape index (κ1) is 8.31. The van der Waals surface area contributed by atoms with Gasteiger partial charge in [-0.3, -0.25) is 0 Å². The molecule has 0 bridgehead atoms. The Morgan fingerprint density at radius 1 is 1.43 bits per heavy atom. The topological polar surface area (TPSA) is 63.3 Å². The van der Waals surface area contributed by atoms with E-state index in [-0.39, 0.29) is 6.61 Å². The third-order valence-electron chi connectivity index (χ3n) is 2.66. The molecule has 0 aromatic carbocycles. The molecule has 0 radical (unpaired) electrons. The fourth-order valence-electron chi connectivity index (χ4n) is 1.66. The van der Waals surface area contributed by atoms with Gasteiger partial charge in [-0.1, -0.05) is 17.8 Å². The second-order valence-corrected chi connectivity index (χ2v) is 4.57. The summed E-state index contributed by atoms with van der Waals surface area (Å²) >= 11 is 1.40. The third kappa shape index (κ3) is 1.07. The van der Waals surface area contributed by atoms with Crippen LogP contribution in [0, 0.1) is 0 Å². The molecule has 1 saturated carbocycles. The standard InChI is InChI=1S/C8H10N4OS/c13-4-6-11-12-7(5-2-1-3-5)9-10-8(12)14-6/h5,13H,1-4H2. The summed E-state index contributed by atoms with van der Waals surface area (Å²) < 4.78 is 1.78. The van der Waals surface area contributed by atoms with Crippen molar-refractivity contribution >= 4 is 16.3 Å². The van der Waals surface area contributed by atoms with Gasteiger partial charge >= 0.3 is 0 Å². The molecule has 5 nitrogen and oxygen atoms in total. The zero-order valence-corrected chi connectivity index (χ0v) is 8.37. The van der Waals surface area contributed by atoms with E-state index in [4.69, 9.17) is 5.11 Å². The lowest BCUT2D eigenvalue weighted by atomic mass is 9.85. The Bertz CT molecular complexity index is 459. The van der Waals surface area contributed by atoms with Crippen molar-refractivity contribution in [3.05, 3.63) is 10.8 Å². The number of aliphatic hydroxyl groups excluding tert-OH is 1. The van der Waals surface area contributed by atoms with Crippen molar-refractivity contribution < 1.29 is 5.11 Å². The van der Waals surface area contributed by atoms with Crippen LogP contribution in [0.15, 0.2) is 0 Å². The average Bonchev–Trinajstić information content (AvgIpc) is 2.63. The largest absolute Gasteiger partial charge is 0.389 e. The number of hydrogen-bond donors (Lipinski definition) is 1. The van der Waals surface area contributed by atoms with Gasteiger partial charge in [-0.15, -0.1) is 10.2 Å². The van der Waals surface area contributed by atoms with E-state index in [0.717, 1.165) is 10.8 Å². The summed E-state index contributed by atoms with van der Waals surface area (Å²) in [6, 6.07) is 0. The minimum absolute atomic E-state index is 0.0157. The molecule has 0 atom stereocenters. The molecule has 3 rings (SSSR count). The smallest absolute Gasteiger partial charge is 0.234 e. The number of fused-ring (bicyclic) bond motifs is 1. The highest BCUT2D eigenvalue weighted by Crippen LogP contribution is 2.35. The maximum Gasteiger partial charge on any atom is 0.234 e. The quantitative estimate of drug-likeness (QED) is 0.801. The number of nitrogens with zero attached hydrogens (tertiary/aromatic N) is 4. The van der Waals surface area contributed by atoms with Crippen LogP contribution >= 0.6 is 11.3 Å². The molecule has 1 fully saturated rings. The second kappa shape index (κ2) is 2.99. The Morgan fingerprint density at radius 3 is 2.93 bits per heavy atom. The van der Waals surface area contributed by atoms with Gasteiger partial charge in [-0.25, -0.2) is 0 Å². The van der Waals surface area contributed by atoms with E-state index in [2.05, 4.69) is 15.3 Å². The number of hydrogen-bond acceptors (Lipinski definition) is 5. The van der Waals surface area contributed by atoms with Crippen molar-refractivity contribution in [2.45, 2.75) is 31.8 Å². The summed E-state index contributed by atoms with van der Waals surface area (Å²) in [5.74, 6) is 1.49. The van der Waals surface area contributed by atoms with Crippen LogP contribution in [0.1, 0.15) is 36.0 Å². The van der Waals surface area contributed by atoms with Gasteiger partial charge in [0.1, 0.15) is 5.01 Å². The predicted octanol–water partition coefficient (Wildman–Crippen LogP) is 0.946. The van der Waals surface area contributed by atoms with Gasteiger partial charge in [0.15, 0.2) is 5.82 Å². The lowest BCUT2D eigenvalue weighted by molar-refractivity contribution is 0.279. The van der Waals surface area contributed by atoms with Crippen molar-refractivity contribution in [2.24, 2.45) is 0 Å². The molecule has 0 aliphatic heterocycles. The molecule has 1 N–H and O–H groups in total. The minimum Gasteiger partial charge on any atom is -0.389 e. The minimum atomic E-state index is -0.0157. The first-order valence-corrected chi connectivity index (χ1v) is 5.52. The number of rotatable bonds is 2. The Kier molecular flexibility index (Phi) is 1.78. The second-order valence-electron chi connectivity index (χ2n) is 3.53. The zero-order chi connectivity index (χ0) is 9.54. The monoisotopic (exact) mass is 210 g/mol. The van der Waals surface area contributed by atoms with Crippen LogP contribution in [-0.4, -0.2) is 24.9 Å². The van der Waals surface area contributed by atoms with Crippen molar-refractivity contribution in [1.82, 2.24) is 19.8 Å². The van der Waals surface area contributed by atoms with Crippen LogP contribution in [0.2, 0.25) is 0 Å². The average molecular weight is 210 g/mol. The molecule has 6 heteroatoms. The van der Waals surface area contributed by atoms with E-state index in [0.29, 0.717) is 10.9 Å². The van der Waals surface area contributed by atoms with Gasteiger partial charge in [0.2, 0.25) is 4.96 Å². The summed E-state index contributed by atoms with van der Waals surface area (Å²) in [7, 11) is 0. The molecular weight excluding hydrogens is 200 g/mol. The number of aromatic nitrogens is 4. The van der Waals surface area contributed by atoms with Gasteiger partial charge < -0.3 is 5.11 Å². The molecule has 0 amide bonds. The fourth-order valence-corrected chi connectivity index (χ4v) is 2.36. The van der Waals surface area contributed by atoms with E-state index in [1.807, 2.05) is 0 Å². The van der Waals surface area contributed by atoms with E-state index < -0.39 is 0 Å². The van der Waals surface area contributed by atoms with Crippen molar-refractivity contribution in [1.29, 1.82) is 0 Å². The highest BCUT2D eigenvalue weighted by atomic mass is 32.1. The maximum atomic E-state index is 8.94. The van der Waals surface area contributed by atoms with Gasteiger partial charge in [0.25, 0.3) is 0 Å². The first-order chi connectivity index (χ1) is 6.88. The van der Waals surface area contributed by atoms with E-state index in [9.17, 15) is 0 Å². The maximum absolute atomic E-state index is 8.94. The summed E-state index contributed by atoms with van der Waals surface area (Å²) in [6.07, 6.45) is 3.65. The van der Waals surface area contributed by atoms with Crippen LogP contribution in [-0.2, 0) is 6.61 Å². The molecule has 14 heavy (non-hydrogen) atoms. The van der Waals surface area contributed by atoms with Crippen LogP contribution in [0.3, 0.4) is 0 Å². The van der Waals surface area contributed by atoms with Gasteiger partial charge in [0.05, 0.1) is 6.61 Å². The molecule has 1 aliphatic rings. The van der Waals surface area contributed by atoms with Crippen molar-refractivity contribution in [3.63, 3.8) is 0 Å². The van der Waals surface area contributed by atoms with E-state index >= 15 is 0 Å². The van der Waals surface area contributed by atoms with Gasteiger partial charge in [0, 0.05) is 5.92 Å². The van der Waals surface area contributed by atoms with E-state index in [1.54, 1.807) is 4.52 Å². The predicted molar refractivity (Wildman–Crippen MR) is 51.2 cm³/mol. The summed E-state index contributed by atoms with van der Waals surface area (Å²) in [4.78, 5) is 0.788. The Hall–Kier alpha value is -1.01. The lowest BCUT2D eigenvalue weighted by Crippen LogP contribution is -2.13. The Balaban J connectivity index is 2.09. The van der Waals surface area contributed by atoms with Gasteiger partial charge in [-0.05, 0) is 12.8 Å². The van der Waals surface area contributed by atoms with Crippen molar-refractivity contribution in [2.75, 3.05) is 0 Å². The van der Waals surface area contributed by atoms with E-state index in [1.165, 1.54) is 30.6 Å². The summed E-state index contributed by atoms with van der Waals surface area (Å²) in [6.45, 7) is -0.0157. The Morgan fingerprint density at radius 2 is 2.29 bits per heavy atom. The summed E-state index contributed by atoms with van der Waals surface area (Å²) in [5.41, 5.74) is 0. The SMILES string of the molecule is OCc1nn2c(C3CCC3)nnc2s1. The highest BCUT2D eigenvalue weighted by Gasteiger charge is 2.25. The Labute approximate surface area is 84.4 Å². The lowest BCUT2D eigenvalue weighted by Gasteiger charge is -2.22. The fraction of sp³-hybridized carbons (Fsp3) is 0.625. The molecule has 0 unspecified atom stereocenters. The molecule has 2 aromatic rings. The van der Waals surface area contributed by atoms with Crippen LogP contribution in [0.4, 0.5) is 0 Å².